The highest BCUT2D eigenvalue weighted by atomic mass is 16.5. The number of aromatic amines is 1. The third kappa shape index (κ3) is 3.38. The largest absolute Gasteiger partial charge is 0.496 e. The van der Waals surface area contributed by atoms with Crippen LogP contribution >= 0.6 is 0 Å². The summed E-state index contributed by atoms with van der Waals surface area (Å²) in [5.41, 5.74) is 1.19. The lowest BCUT2D eigenvalue weighted by atomic mass is 9.87. The average Bonchev–Trinajstić information content (AvgIpc) is 3.07. The maximum absolute atomic E-state index is 12.7. The van der Waals surface area contributed by atoms with E-state index in [1.54, 1.807) is 33.5 Å². The van der Waals surface area contributed by atoms with Crippen molar-refractivity contribution >= 4 is 16.8 Å². The first kappa shape index (κ1) is 17.5. The Kier molecular flexibility index (Phi) is 5.06. The van der Waals surface area contributed by atoms with Crippen LogP contribution in [0.5, 0.6) is 17.2 Å². The van der Waals surface area contributed by atoms with Crippen molar-refractivity contribution in [3.63, 3.8) is 0 Å². The number of amides is 1. The summed E-state index contributed by atoms with van der Waals surface area (Å²) in [6.07, 6.45) is 4.40. The normalized spacial score (nSPS) is 20.3. The summed E-state index contributed by atoms with van der Waals surface area (Å²) in [5, 5.41) is 3.93. The quantitative estimate of drug-likeness (QED) is 0.869. The van der Waals surface area contributed by atoms with Crippen LogP contribution in [0.3, 0.4) is 0 Å². The van der Waals surface area contributed by atoms with Crippen LogP contribution in [0.15, 0.2) is 12.1 Å². The summed E-state index contributed by atoms with van der Waals surface area (Å²) in [4.78, 5) is 15.8. The van der Waals surface area contributed by atoms with Gasteiger partial charge in [-0.3, -0.25) is 4.79 Å². The maximum atomic E-state index is 12.7. The minimum atomic E-state index is -0.0983. The van der Waals surface area contributed by atoms with Gasteiger partial charge in [0.05, 0.1) is 26.8 Å². The first-order chi connectivity index (χ1) is 12.1. The Labute approximate surface area is 147 Å². The molecule has 1 aromatic heterocycles. The highest BCUT2D eigenvalue weighted by Crippen LogP contribution is 2.41. The van der Waals surface area contributed by atoms with Crippen molar-refractivity contribution in [2.45, 2.75) is 38.6 Å². The SMILES string of the molecule is COc1cc(OC)c2cc(C(=O)NC3CCC(C)CC3)[nH]c2c1OC. The maximum Gasteiger partial charge on any atom is 0.267 e. The molecule has 0 saturated heterocycles. The summed E-state index contributed by atoms with van der Waals surface area (Å²) < 4.78 is 16.3. The number of aromatic nitrogens is 1. The molecule has 1 aliphatic carbocycles. The first-order valence-electron chi connectivity index (χ1n) is 8.69. The zero-order valence-electron chi connectivity index (χ0n) is 15.3. The van der Waals surface area contributed by atoms with Gasteiger partial charge in [-0.05, 0) is 37.7 Å². The van der Waals surface area contributed by atoms with E-state index >= 15 is 0 Å². The number of carbonyl (C=O) groups is 1. The monoisotopic (exact) mass is 346 g/mol. The van der Waals surface area contributed by atoms with E-state index in [4.69, 9.17) is 14.2 Å². The minimum Gasteiger partial charge on any atom is -0.496 e. The molecule has 1 heterocycles. The molecule has 1 aromatic carbocycles. The van der Waals surface area contributed by atoms with E-state index < -0.39 is 0 Å². The molecule has 1 aliphatic rings. The number of benzene rings is 1. The molecule has 0 aliphatic heterocycles. The van der Waals surface area contributed by atoms with Gasteiger partial charge in [0.15, 0.2) is 11.5 Å². The van der Waals surface area contributed by atoms with Gasteiger partial charge < -0.3 is 24.5 Å². The van der Waals surface area contributed by atoms with Crippen molar-refractivity contribution in [2.75, 3.05) is 21.3 Å². The third-order valence-electron chi connectivity index (χ3n) is 5.04. The van der Waals surface area contributed by atoms with E-state index in [9.17, 15) is 4.79 Å². The van der Waals surface area contributed by atoms with Crippen LogP contribution < -0.4 is 19.5 Å². The van der Waals surface area contributed by atoms with E-state index in [0.29, 0.717) is 28.5 Å². The highest BCUT2D eigenvalue weighted by Gasteiger charge is 2.23. The second-order valence-electron chi connectivity index (χ2n) is 6.72. The lowest BCUT2D eigenvalue weighted by Crippen LogP contribution is -2.37. The molecular weight excluding hydrogens is 320 g/mol. The van der Waals surface area contributed by atoms with E-state index in [2.05, 4.69) is 17.2 Å². The van der Waals surface area contributed by atoms with Crippen LogP contribution in [0.1, 0.15) is 43.1 Å². The standard InChI is InChI=1S/C19H26N2O4/c1-11-5-7-12(8-6-11)20-19(22)14-9-13-15(23-2)10-16(24-3)18(25-4)17(13)21-14/h9-12,21H,5-8H2,1-4H3,(H,20,22). The predicted molar refractivity (Wildman–Crippen MR) is 96.8 cm³/mol. The van der Waals surface area contributed by atoms with Crippen LogP contribution in [0.25, 0.3) is 10.9 Å². The summed E-state index contributed by atoms with van der Waals surface area (Å²) in [7, 11) is 4.74. The van der Waals surface area contributed by atoms with E-state index in [0.717, 1.165) is 37.0 Å². The van der Waals surface area contributed by atoms with Gasteiger partial charge in [-0.2, -0.15) is 0 Å². The number of hydrogen-bond acceptors (Lipinski definition) is 4. The molecule has 2 N–H and O–H groups in total. The van der Waals surface area contributed by atoms with Gasteiger partial charge in [-0.1, -0.05) is 6.92 Å². The van der Waals surface area contributed by atoms with Gasteiger partial charge in [0.1, 0.15) is 11.4 Å². The van der Waals surface area contributed by atoms with Crippen LogP contribution in [0, 0.1) is 5.92 Å². The van der Waals surface area contributed by atoms with Gasteiger partial charge >= 0.3 is 0 Å². The number of H-pyrrole nitrogens is 1. The van der Waals surface area contributed by atoms with Gasteiger partial charge in [-0.15, -0.1) is 0 Å². The predicted octanol–water partition coefficient (Wildman–Crippen LogP) is 3.50. The fraction of sp³-hybridized carbons (Fsp3) is 0.526. The molecular formula is C19H26N2O4. The van der Waals surface area contributed by atoms with Crippen molar-refractivity contribution in [3.05, 3.63) is 17.8 Å². The molecule has 1 fully saturated rings. The summed E-state index contributed by atoms with van der Waals surface area (Å²) in [5.74, 6) is 2.40. The topological polar surface area (TPSA) is 72.6 Å². The Morgan fingerprint density at radius 2 is 1.72 bits per heavy atom. The van der Waals surface area contributed by atoms with Crippen LogP contribution in [-0.2, 0) is 0 Å². The summed E-state index contributed by atoms with van der Waals surface area (Å²) in [6, 6.07) is 3.81. The summed E-state index contributed by atoms with van der Waals surface area (Å²) >= 11 is 0. The molecule has 0 radical (unpaired) electrons. The second kappa shape index (κ2) is 7.25. The van der Waals surface area contributed by atoms with Crippen molar-refractivity contribution < 1.29 is 19.0 Å². The van der Waals surface area contributed by atoms with E-state index in [1.807, 2.05) is 0 Å². The lowest BCUT2D eigenvalue weighted by Gasteiger charge is -2.26. The Hall–Kier alpha value is -2.37. The number of methoxy groups -OCH3 is 3. The second-order valence-corrected chi connectivity index (χ2v) is 6.72. The van der Waals surface area contributed by atoms with Crippen LogP contribution in [0.4, 0.5) is 0 Å². The number of rotatable bonds is 5. The highest BCUT2D eigenvalue weighted by molar-refractivity contribution is 6.02. The summed E-state index contributed by atoms with van der Waals surface area (Å²) in [6.45, 7) is 2.27. The van der Waals surface area contributed by atoms with Crippen molar-refractivity contribution in [1.29, 1.82) is 0 Å². The number of hydrogen-bond donors (Lipinski definition) is 2. The van der Waals surface area contributed by atoms with E-state index in [-0.39, 0.29) is 11.9 Å². The lowest BCUT2D eigenvalue weighted by molar-refractivity contribution is 0.0919. The fourth-order valence-electron chi connectivity index (χ4n) is 3.53. The Bertz CT molecular complexity index is 760. The number of ether oxygens (including phenoxy) is 3. The first-order valence-corrected chi connectivity index (χ1v) is 8.69. The zero-order valence-corrected chi connectivity index (χ0v) is 15.3. The Balaban J connectivity index is 1.90. The molecule has 0 atom stereocenters. The van der Waals surface area contributed by atoms with Crippen molar-refractivity contribution in [2.24, 2.45) is 5.92 Å². The Morgan fingerprint density at radius 1 is 1.04 bits per heavy atom. The minimum absolute atomic E-state index is 0.0983. The van der Waals surface area contributed by atoms with Gasteiger partial charge in [0.25, 0.3) is 5.91 Å². The molecule has 2 aromatic rings. The molecule has 1 amide bonds. The smallest absolute Gasteiger partial charge is 0.267 e. The van der Waals surface area contributed by atoms with Crippen molar-refractivity contribution in [3.8, 4) is 17.2 Å². The zero-order chi connectivity index (χ0) is 18.0. The van der Waals surface area contributed by atoms with Gasteiger partial charge in [-0.25, -0.2) is 0 Å². The average molecular weight is 346 g/mol. The molecule has 1 saturated carbocycles. The molecule has 6 heteroatoms. The third-order valence-corrected chi connectivity index (χ3v) is 5.04. The molecule has 6 nitrogen and oxygen atoms in total. The van der Waals surface area contributed by atoms with Crippen molar-refractivity contribution in [1.82, 2.24) is 10.3 Å². The number of nitrogens with one attached hydrogen (secondary N) is 2. The fourth-order valence-corrected chi connectivity index (χ4v) is 3.53. The molecule has 0 unspecified atom stereocenters. The molecule has 25 heavy (non-hydrogen) atoms. The molecule has 0 bridgehead atoms. The molecule has 136 valence electrons. The number of fused-ring (bicyclic) bond motifs is 1. The Morgan fingerprint density at radius 3 is 2.32 bits per heavy atom. The van der Waals surface area contributed by atoms with Gasteiger partial charge in [0, 0.05) is 17.5 Å². The molecule has 3 rings (SSSR count). The van der Waals surface area contributed by atoms with E-state index in [1.165, 1.54) is 0 Å². The number of carbonyl (C=O) groups excluding carboxylic acids is 1. The van der Waals surface area contributed by atoms with Gasteiger partial charge in [0.2, 0.25) is 0 Å². The van der Waals surface area contributed by atoms with Crippen LogP contribution in [0.2, 0.25) is 0 Å². The molecule has 0 spiro atoms. The van der Waals surface area contributed by atoms with Crippen LogP contribution in [-0.4, -0.2) is 38.3 Å².